The van der Waals surface area contributed by atoms with Crippen LogP contribution in [0.5, 0.6) is 0 Å². The van der Waals surface area contributed by atoms with Gasteiger partial charge in [-0.1, -0.05) is 0 Å². The second-order valence-electron chi connectivity index (χ2n) is 1.13. The van der Waals surface area contributed by atoms with E-state index in [0.29, 0.717) is 0 Å². The van der Waals surface area contributed by atoms with Gasteiger partial charge in [0.15, 0.2) is 0 Å². The summed E-state index contributed by atoms with van der Waals surface area (Å²) in [5, 5.41) is 0. The minimum atomic E-state index is -1.00. The molecular weight excluding hydrogens is 270 g/mol. The van der Waals surface area contributed by atoms with Crippen molar-refractivity contribution in [2.24, 2.45) is 0 Å². The van der Waals surface area contributed by atoms with Crippen molar-refractivity contribution in [2.45, 2.75) is 0 Å². The average Bonchev–Trinajstić information content (AvgIpc) is 1.36. The van der Waals surface area contributed by atoms with E-state index in [1.165, 1.54) is 0 Å². The Morgan fingerprint density at radius 1 is 1.33 bits per heavy atom. The molecule has 1 nitrogen and oxygen atoms in total. The standard InChI is InChI=1S/C2H6Br2GeN/c1-6(2)5(3)4/h1-2H3. The van der Waals surface area contributed by atoms with Gasteiger partial charge in [-0.05, 0) is 0 Å². The van der Waals surface area contributed by atoms with Crippen LogP contribution < -0.4 is 0 Å². The minimum absolute atomic E-state index is 1.00. The molecule has 0 bridgehead atoms. The third-order valence-electron chi connectivity index (χ3n) is 0.338. The van der Waals surface area contributed by atoms with Crippen molar-refractivity contribution < 1.29 is 0 Å². The van der Waals surface area contributed by atoms with Crippen LogP contribution in [0.4, 0.5) is 0 Å². The van der Waals surface area contributed by atoms with E-state index < -0.39 is 10.9 Å². The Bertz CT molecular complexity index is 32.5. The Morgan fingerprint density at radius 3 is 1.50 bits per heavy atom. The molecule has 0 aliphatic heterocycles. The molecule has 0 aromatic heterocycles. The van der Waals surface area contributed by atoms with Gasteiger partial charge in [-0.25, -0.2) is 0 Å². The van der Waals surface area contributed by atoms with Crippen molar-refractivity contribution in [2.75, 3.05) is 14.1 Å². The Balaban J connectivity index is 2.99. The number of halogens is 2. The maximum atomic E-state index is 3.45. The molecule has 4 heteroatoms. The molecular formula is C2H6Br2GeN. The predicted octanol–water partition coefficient (Wildman–Crippen LogP) is 1.32. The second kappa shape index (κ2) is 3.46. The zero-order valence-corrected chi connectivity index (χ0v) is 8.97. The molecule has 0 amide bonds. The molecule has 0 rings (SSSR count). The Kier molecular flexibility index (Phi) is 4.31. The molecule has 0 aromatic carbocycles. The summed E-state index contributed by atoms with van der Waals surface area (Å²) in [5.41, 5.74) is 0. The third-order valence-corrected chi connectivity index (χ3v) is 9.13. The Morgan fingerprint density at radius 2 is 1.50 bits per heavy atom. The van der Waals surface area contributed by atoms with E-state index in [-0.39, 0.29) is 0 Å². The van der Waals surface area contributed by atoms with Crippen molar-refractivity contribution in [1.82, 2.24) is 3.86 Å². The Labute approximate surface area is 56.7 Å². The van der Waals surface area contributed by atoms with Crippen molar-refractivity contribution in [3.63, 3.8) is 0 Å². The van der Waals surface area contributed by atoms with E-state index in [1.54, 1.807) is 0 Å². The van der Waals surface area contributed by atoms with Gasteiger partial charge in [0.25, 0.3) is 0 Å². The number of hydrogen-bond donors (Lipinski definition) is 0. The van der Waals surface area contributed by atoms with E-state index in [4.69, 9.17) is 0 Å². The summed E-state index contributed by atoms with van der Waals surface area (Å²) in [4.78, 5) is 0. The molecule has 0 aliphatic carbocycles. The van der Waals surface area contributed by atoms with Gasteiger partial charge in [0.05, 0.1) is 0 Å². The molecule has 0 atom stereocenters. The van der Waals surface area contributed by atoms with Crippen LogP contribution in [-0.4, -0.2) is 28.8 Å². The number of hydrogen-bond acceptors (Lipinski definition) is 1. The third kappa shape index (κ3) is 3.65. The molecule has 0 saturated heterocycles. The van der Waals surface area contributed by atoms with Crippen LogP contribution in [0.1, 0.15) is 0 Å². The fourth-order valence-corrected chi connectivity index (χ4v) is 0. The van der Waals surface area contributed by atoms with E-state index >= 15 is 0 Å². The first-order valence-electron chi connectivity index (χ1n) is 1.50. The summed E-state index contributed by atoms with van der Waals surface area (Å²) in [6.07, 6.45) is 0. The first-order valence-corrected chi connectivity index (χ1v) is 12.3. The van der Waals surface area contributed by atoms with Gasteiger partial charge < -0.3 is 0 Å². The summed E-state index contributed by atoms with van der Waals surface area (Å²) >= 11 is 6.90. The summed E-state index contributed by atoms with van der Waals surface area (Å²) in [5.74, 6) is 0. The number of rotatable bonds is 1. The van der Waals surface area contributed by atoms with Gasteiger partial charge in [-0.2, -0.15) is 0 Å². The quantitative estimate of drug-likeness (QED) is 0.653. The summed E-state index contributed by atoms with van der Waals surface area (Å²) in [6, 6.07) is 0. The molecule has 0 saturated carbocycles. The van der Waals surface area contributed by atoms with Crippen molar-refractivity contribution in [3.05, 3.63) is 0 Å². The van der Waals surface area contributed by atoms with E-state index in [1.807, 2.05) is 0 Å². The summed E-state index contributed by atoms with van der Waals surface area (Å²) in [6.45, 7) is 0. The first kappa shape index (κ1) is 7.46. The van der Waals surface area contributed by atoms with Gasteiger partial charge in [0.2, 0.25) is 0 Å². The van der Waals surface area contributed by atoms with Gasteiger partial charge in [0, 0.05) is 0 Å². The van der Waals surface area contributed by atoms with E-state index in [2.05, 4.69) is 46.0 Å². The van der Waals surface area contributed by atoms with E-state index in [9.17, 15) is 0 Å². The molecule has 0 unspecified atom stereocenters. The fourth-order valence-electron chi connectivity index (χ4n) is 0. The molecule has 6 heavy (non-hydrogen) atoms. The first-order chi connectivity index (χ1) is 2.64. The van der Waals surface area contributed by atoms with Gasteiger partial charge >= 0.3 is 56.8 Å². The van der Waals surface area contributed by atoms with Crippen molar-refractivity contribution in [1.29, 1.82) is 0 Å². The van der Waals surface area contributed by atoms with Crippen LogP contribution in [-0.2, 0) is 0 Å². The molecule has 0 fully saturated rings. The van der Waals surface area contributed by atoms with Crippen LogP contribution in [0, 0.1) is 0 Å². The van der Waals surface area contributed by atoms with Crippen LogP contribution in [0.15, 0.2) is 0 Å². The van der Waals surface area contributed by atoms with E-state index in [0.717, 1.165) is 0 Å². The summed E-state index contributed by atoms with van der Waals surface area (Å²) < 4.78 is 2.17. The number of nitrogens with zero attached hydrogens (tertiary/aromatic N) is 1. The molecule has 1 radical (unpaired) electrons. The zero-order chi connectivity index (χ0) is 5.15. The molecule has 0 aromatic rings. The van der Waals surface area contributed by atoms with Crippen molar-refractivity contribution >= 4 is 38.9 Å². The van der Waals surface area contributed by atoms with Gasteiger partial charge in [-0.15, -0.1) is 0 Å². The molecule has 0 heterocycles. The van der Waals surface area contributed by atoms with Crippen LogP contribution in [0.3, 0.4) is 0 Å². The normalized spacial score (nSPS) is 11.0. The molecule has 0 N–H and O–H groups in total. The van der Waals surface area contributed by atoms with Gasteiger partial charge in [0.1, 0.15) is 0 Å². The SMILES string of the molecule is C[N](C)[Ge]([Br])[Br]. The topological polar surface area (TPSA) is 3.24 Å². The van der Waals surface area contributed by atoms with Gasteiger partial charge in [-0.3, -0.25) is 0 Å². The Hall–Kier alpha value is 1.46. The van der Waals surface area contributed by atoms with Crippen molar-refractivity contribution in [3.8, 4) is 0 Å². The van der Waals surface area contributed by atoms with Crippen LogP contribution in [0.2, 0.25) is 0 Å². The molecule has 0 spiro atoms. The maximum absolute atomic E-state index is 3.45. The zero-order valence-electron chi connectivity index (χ0n) is 3.70. The monoisotopic (exact) mass is 276 g/mol. The predicted molar refractivity (Wildman–Crippen MR) is 37.3 cm³/mol. The second-order valence-corrected chi connectivity index (χ2v) is 17.4. The summed E-state index contributed by atoms with van der Waals surface area (Å²) in [7, 11) is 3.10. The van der Waals surface area contributed by atoms with Crippen LogP contribution in [0.25, 0.3) is 0 Å². The van der Waals surface area contributed by atoms with Crippen LogP contribution >= 0.6 is 28.0 Å². The molecule has 37 valence electrons. The fraction of sp³-hybridized carbons (Fsp3) is 1.00. The molecule has 0 aliphatic rings. The average molecular weight is 276 g/mol.